The molecule has 0 aromatic heterocycles. The average molecular weight is 346 g/mol. The minimum Gasteiger partial charge on any atom is -0.495 e. The molecule has 0 saturated carbocycles. The van der Waals surface area contributed by atoms with E-state index in [1.165, 1.54) is 7.11 Å². The number of Topliss-reactive ketones (excluding diaryl/α,β-unsaturated/α-hetero) is 1. The van der Waals surface area contributed by atoms with Gasteiger partial charge in [-0.15, -0.1) is 0 Å². The lowest BCUT2D eigenvalue weighted by Gasteiger charge is -2.08. The van der Waals surface area contributed by atoms with Crippen LogP contribution < -0.4 is 10.1 Å². The molecule has 0 aliphatic heterocycles. The molecule has 24 heavy (non-hydrogen) atoms. The first-order valence-electron chi connectivity index (χ1n) is 7.64. The lowest BCUT2D eigenvalue weighted by atomic mass is 10.0. The molecule has 0 fully saturated rings. The number of hydrogen-bond donors (Lipinski definition) is 1. The zero-order valence-corrected chi connectivity index (χ0v) is 14.7. The molecule has 0 spiro atoms. The second-order valence-electron chi connectivity index (χ2n) is 5.62. The monoisotopic (exact) mass is 345 g/mol. The lowest BCUT2D eigenvalue weighted by molar-refractivity contribution is -0.116. The van der Waals surface area contributed by atoms with Gasteiger partial charge >= 0.3 is 0 Å². The van der Waals surface area contributed by atoms with Gasteiger partial charge in [0.05, 0.1) is 12.1 Å². The largest absolute Gasteiger partial charge is 0.495 e. The maximum atomic E-state index is 12.2. The molecule has 0 bridgehead atoms. The van der Waals surface area contributed by atoms with Crippen molar-refractivity contribution in [3.05, 3.63) is 58.1 Å². The number of ketones is 1. The van der Waals surface area contributed by atoms with Gasteiger partial charge in [-0.05, 0) is 49.2 Å². The van der Waals surface area contributed by atoms with Crippen LogP contribution in [-0.4, -0.2) is 18.8 Å². The minimum atomic E-state index is -0.228. The number of benzene rings is 2. The number of aryl methyl sites for hydroxylation is 2. The van der Waals surface area contributed by atoms with E-state index in [1.54, 1.807) is 24.3 Å². The molecule has 0 aliphatic carbocycles. The van der Waals surface area contributed by atoms with Gasteiger partial charge in [-0.25, -0.2) is 0 Å². The zero-order valence-electron chi connectivity index (χ0n) is 14.0. The van der Waals surface area contributed by atoms with Crippen LogP contribution in [0.25, 0.3) is 0 Å². The predicted molar refractivity (Wildman–Crippen MR) is 96.1 cm³/mol. The standard InChI is InChI=1S/C19H20ClNO3/c1-12-4-5-14(10-13(12)2)17(22)7-9-19(23)21-15-6-8-18(24-3)16(20)11-15/h4-6,8,10-11H,7,9H2,1-3H3,(H,21,23). The number of hydrogen-bond acceptors (Lipinski definition) is 3. The summed E-state index contributed by atoms with van der Waals surface area (Å²) in [4.78, 5) is 24.2. The van der Waals surface area contributed by atoms with Gasteiger partial charge in [-0.1, -0.05) is 23.7 Å². The van der Waals surface area contributed by atoms with Gasteiger partial charge in [0, 0.05) is 24.1 Å². The van der Waals surface area contributed by atoms with Crippen LogP contribution in [0.1, 0.15) is 34.3 Å². The Balaban J connectivity index is 1.91. The van der Waals surface area contributed by atoms with Gasteiger partial charge in [0.15, 0.2) is 5.78 Å². The van der Waals surface area contributed by atoms with Gasteiger partial charge < -0.3 is 10.1 Å². The summed E-state index contributed by atoms with van der Waals surface area (Å²) in [5, 5.41) is 3.15. The van der Waals surface area contributed by atoms with E-state index in [0.29, 0.717) is 22.0 Å². The fourth-order valence-electron chi connectivity index (χ4n) is 2.25. The Kier molecular flexibility index (Phi) is 5.99. The molecular weight excluding hydrogens is 326 g/mol. The number of methoxy groups -OCH3 is 1. The van der Waals surface area contributed by atoms with Crippen LogP contribution in [0.2, 0.25) is 5.02 Å². The zero-order chi connectivity index (χ0) is 17.7. The third kappa shape index (κ3) is 4.59. The van der Waals surface area contributed by atoms with Crippen molar-refractivity contribution in [3.8, 4) is 5.75 Å². The van der Waals surface area contributed by atoms with E-state index in [2.05, 4.69) is 5.32 Å². The molecule has 2 aromatic rings. The number of ether oxygens (including phenoxy) is 1. The van der Waals surface area contributed by atoms with E-state index in [4.69, 9.17) is 16.3 Å². The summed E-state index contributed by atoms with van der Waals surface area (Å²) >= 11 is 6.02. The highest BCUT2D eigenvalue weighted by molar-refractivity contribution is 6.32. The highest BCUT2D eigenvalue weighted by Gasteiger charge is 2.11. The average Bonchev–Trinajstić information content (AvgIpc) is 2.55. The normalized spacial score (nSPS) is 10.3. The molecule has 0 atom stereocenters. The maximum Gasteiger partial charge on any atom is 0.224 e. The Morgan fingerprint density at radius 2 is 1.79 bits per heavy atom. The summed E-state index contributed by atoms with van der Waals surface area (Å²) in [6.07, 6.45) is 0.285. The van der Waals surface area contributed by atoms with Gasteiger partial charge in [0.25, 0.3) is 0 Å². The molecule has 2 aromatic carbocycles. The van der Waals surface area contributed by atoms with E-state index in [-0.39, 0.29) is 24.5 Å². The minimum absolute atomic E-state index is 0.0407. The Morgan fingerprint density at radius 3 is 2.42 bits per heavy atom. The van der Waals surface area contributed by atoms with Gasteiger partial charge in [-0.3, -0.25) is 9.59 Å². The summed E-state index contributed by atoms with van der Waals surface area (Å²) in [5.41, 5.74) is 3.42. The van der Waals surface area contributed by atoms with Crippen molar-refractivity contribution < 1.29 is 14.3 Å². The molecule has 4 nitrogen and oxygen atoms in total. The molecule has 126 valence electrons. The van der Waals surface area contributed by atoms with E-state index < -0.39 is 0 Å². The van der Waals surface area contributed by atoms with E-state index in [0.717, 1.165) is 11.1 Å². The summed E-state index contributed by atoms with van der Waals surface area (Å²) in [6.45, 7) is 3.96. The van der Waals surface area contributed by atoms with E-state index in [1.807, 2.05) is 26.0 Å². The van der Waals surface area contributed by atoms with Crippen LogP contribution in [0.5, 0.6) is 5.75 Å². The highest BCUT2D eigenvalue weighted by atomic mass is 35.5. The molecule has 0 heterocycles. The Labute approximate surface area is 146 Å². The summed E-state index contributed by atoms with van der Waals surface area (Å²) in [5.74, 6) is 0.272. The lowest BCUT2D eigenvalue weighted by Crippen LogP contribution is -2.13. The van der Waals surface area contributed by atoms with Crippen molar-refractivity contribution in [1.82, 2.24) is 0 Å². The first-order valence-corrected chi connectivity index (χ1v) is 8.02. The number of anilines is 1. The molecule has 0 radical (unpaired) electrons. The number of halogens is 1. The third-order valence-corrected chi connectivity index (χ3v) is 4.14. The summed E-state index contributed by atoms with van der Waals surface area (Å²) in [7, 11) is 1.53. The van der Waals surface area contributed by atoms with Crippen LogP contribution in [0.3, 0.4) is 0 Å². The summed E-state index contributed by atoms with van der Waals surface area (Å²) < 4.78 is 5.06. The molecular formula is C19H20ClNO3. The van der Waals surface area contributed by atoms with Crippen molar-refractivity contribution in [2.75, 3.05) is 12.4 Å². The smallest absolute Gasteiger partial charge is 0.224 e. The quantitative estimate of drug-likeness (QED) is 0.780. The van der Waals surface area contributed by atoms with Crippen molar-refractivity contribution in [1.29, 1.82) is 0 Å². The van der Waals surface area contributed by atoms with Crippen molar-refractivity contribution >= 4 is 29.0 Å². The van der Waals surface area contributed by atoms with Crippen LogP contribution in [0, 0.1) is 13.8 Å². The number of carbonyl (C=O) groups excluding carboxylic acids is 2. The molecule has 2 rings (SSSR count). The Bertz CT molecular complexity index is 771. The number of amides is 1. The second-order valence-corrected chi connectivity index (χ2v) is 6.03. The fourth-order valence-corrected chi connectivity index (χ4v) is 2.51. The van der Waals surface area contributed by atoms with Gasteiger partial charge in [-0.2, -0.15) is 0 Å². The van der Waals surface area contributed by atoms with Crippen molar-refractivity contribution in [2.24, 2.45) is 0 Å². The fraction of sp³-hybridized carbons (Fsp3) is 0.263. The van der Waals surface area contributed by atoms with Crippen LogP contribution in [-0.2, 0) is 4.79 Å². The van der Waals surface area contributed by atoms with Gasteiger partial charge in [0.1, 0.15) is 5.75 Å². The predicted octanol–water partition coefficient (Wildman–Crippen LogP) is 4.57. The molecule has 0 aliphatic rings. The number of carbonyl (C=O) groups is 2. The number of rotatable bonds is 6. The summed E-state index contributed by atoms with van der Waals surface area (Å²) in [6, 6.07) is 10.6. The Hall–Kier alpha value is -2.33. The number of nitrogens with one attached hydrogen (secondary N) is 1. The molecule has 1 amide bonds. The Morgan fingerprint density at radius 1 is 1.04 bits per heavy atom. The SMILES string of the molecule is COc1ccc(NC(=O)CCC(=O)c2ccc(C)c(C)c2)cc1Cl. The highest BCUT2D eigenvalue weighted by Crippen LogP contribution is 2.27. The third-order valence-electron chi connectivity index (χ3n) is 3.84. The van der Waals surface area contributed by atoms with Gasteiger partial charge in [0.2, 0.25) is 5.91 Å². The molecule has 0 unspecified atom stereocenters. The van der Waals surface area contributed by atoms with Crippen molar-refractivity contribution in [2.45, 2.75) is 26.7 Å². The van der Waals surface area contributed by atoms with E-state index in [9.17, 15) is 9.59 Å². The molecule has 0 saturated heterocycles. The van der Waals surface area contributed by atoms with Crippen LogP contribution in [0.15, 0.2) is 36.4 Å². The maximum absolute atomic E-state index is 12.2. The second kappa shape index (κ2) is 7.97. The molecule has 5 heteroatoms. The van der Waals surface area contributed by atoms with E-state index >= 15 is 0 Å². The van der Waals surface area contributed by atoms with Crippen molar-refractivity contribution in [3.63, 3.8) is 0 Å². The first kappa shape index (κ1) is 18.0. The van der Waals surface area contributed by atoms with Crippen LogP contribution >= 0.6 is 11.6 Å². The topological polar surface area (TPSA) is 55.4 Å². The first-order chi connectivity index (χ1) is 11.4. The molecule has 1 N–H and O–H groups in total. The van der Waals surface area contributed by atoms with Crippen LogP contribution in [0.4, 0.5) is 5.69 Å².